The Morgan fingerprint density at radius 2 is 1.89 bits per heavy atom. The number of anilines is 2. The van der Waals surface area contributed by atoms with Crippen LogP contribution < -0.4 is 10.6 Å². The van der Waals surface area contributed by atoms with Gasteiger partial charge in [0.15, 0.2) is 0 Å². The molecule has 0 saturated carbocycles. The molecule has 4 heteroatoms. The highest BCUT2D eigenvalue weighted by Crippen LogP contribution is 2.19. The molecule has 1 heterocycles. The minimum atomic E-state index is -0.222. The van der Waals surface area contributed by atoms with Crippen LogP contribution in [0.5, 0.6) is 0 Å². The van der Waals surface area contributed by atoms with Crippen molar-refractivity contribution < 1.29 is 4.39 Å². The first-order valence-electron chi connectivity index (χ1n) is 6.42. The smallest absolute Gasteiger partial charge is 0.128 e. The summed E-state index contributed by atoms with van der Waals surface area (Å²) in [5.41, 5.74) is 0.899. The van der Waals surface area contributed by atoms with E-state index in [4.69, 9.17) is 0 Å². The molecule has 1 aromatic heterocycles. The first kappa shape index (κ1) is 13.3. The van der Waals surface area contributed by atoms with Crippen LogP contribution in [0.25, 0.3) is 0 Å². The van der Waals surface area contributed by atoms with Crippen LogP contribution in [0.2, 0.25) is 0 Å². The fourth-order valence-electron chi connectivity index (χ4n) is 1.88. The number of aromatic nitrogens is 1. The standard InChI is InChI=1S/C15H18FN3/c1-3-17-14-8-5-9-15(19-14)18-11(2)12-6-4-7-13(16)10-12/h4-11H,3H2,1-2H3,(H2,17,18,19). The van der Waals surface area contributed by atoms with Gasteiger partial charge in [-0.1, -0.05) is 18.2 Å². The first-order chi connectivity index (χ1) is 9.19. The van der Waals surface area contributed by atoms with Gasteiger partial charge >= 0.3 is 0 Å². The maximum atomic E-state index is 13.2. The molecular weight excluding hydrogens is 241 g/mol. The third kappa shape index (κ3) is 3.68. The minimum absolute atomic E-state index is 0.0000709. The van der Waals surface area contributed by atoms with Crippen LogP contribution in [0.15, 0.2) is 42.5 Å². The molecule has 0 radical (unpaired) electrons. The topological polar surface area (TPSA) is 37.0 Å². The predicted octanol–water partition coefficient (Wildman–Crippen LogP) is 3.83. The molecule has 100 valence electrons. The molecule has 0 spiro atoms. The summed E-state index contributed by atoms with van der Waals surface area (Å²) < 4.78 is 13.2. The van der Waals surface area contributed by atoms with Crippen molar-refractivity contribution in [3.63, 3.8) is 0 Å². The van der Waals surface area contributed by atoms with E-state index in [1.165, 1.54) is 12.1 Å². The number of benzene rings is 1. The fourth-order valence-corrected chi connectivity index (χ4v) is 1.88. The fraction of sp³-hybridized carbons (Fsp3) is 0.267. The summed E-state index contributed by atoms with van der Waals surface area (Å²) in [6.07, 6.45) is 0. The molecule has 1 atom stereocenters. The van der Waals surface area contributed by atoms with Gasteiger partial charge in [0, 0.05) is 6.54 Å². The van der Waals surface area contributed by atoms with Crippen LogP contribution in [-0.2, 0) is 0 Å². The highest BCUT2D eigenvalue weighted by Gasteiger charge is 2.07. The third-order valence-corrected chi connectivity index (χ3v) is 2.82. The summed E-state index contributed by atoms with van der Waals surface area (Å²) in [5, 5.41) is 6.43. The highest BCUT2D eigenvalue weighted by molar-refractivity contribution is 5.46. The molecule has 0 saturated heterocycles. The Balaban J connectivity index is 2.10. The number of hydrogen-bond acceptors (Lipinski definition) is 3. The largest absolute Gasteiger partial charge is 0.370 e. The molecule has 2 rings (SSSR count). The Kier molecular flexibility index (Phi) is 4.34. The molecule has 0 fully saturated rings. The Morgan fingerprint density at radius 3 is 2.63 bits per heavy atom. The molecule has 0 amide bonds. The Labute approximate surface area is 112 Å². The molecule has 2 aromatic rings. The lowest BCUT2D eigenvalue weighted by Gasteiger charge is -2.15. The zero-order chi connectivity index (χ0) is 13.7. The average molecular weight is 259 g/mol. The van der Waals surface area contributed by atoms with E-state index in [0.29, 0.717) is 0 Å². The molecule has 19 heavy (non-hydrogen) atoms. The van der Waals surface area contributed by atoms with E-state index in [9.17, 15) is 4.39 Å². The van der Waals surface area contributed by atoms with E-state index in [2.05, 4.69) is 15.6 Å². The summed E-state index contributed by atoms with van der Waals surface area (Å²) >= 11 is 0. The second-order valence-corrected chi connectivity index (χ2v) is 4.36. The van der Waals surface area contributed by atoms with Crippen LogP contribution in [-0.4, -0.2) is 11.5 Å². The maximum absolute atomic E-state index is 13.2. The van der Waals surface area contributed by atoms with E-state index in [1.807, 2.05) is 38.1 Å². The van der Waals surface area contributed by atoms with Gasteiger partial charge in [0.2, 0.25) is 0 Å². The van der Waals surface area contributed by atoms with Crippen LogP contribution in [0.4, 0.5) is 16.0 Å². The van der Waals surface area contributed by atoms with E-state index in [-0.39, 0.29) is 11.9 Å². The van der Waals surface area contributed by atoms with E-state index in [1.54, 1.807) is 6.07 Å². The van der Waals surface area contributed by atoms with Crippen molar-refractivity contribution >= 4 is 11.6 Å². The summed E-state index contributed by atoms with van der Waals surface area (Å²) in [7, 11) is 0. The molecule has 3 nitrogen and oxygen atoms in total. The lowest BCUT2D eigenvalue weighted by atomic mass is 10.1. The molecule has 0 aliphatic carbocycles. The van der Waals surface area contributed by atoms with Gasteiger partial charge in [-0.15, -0.1) is 0 Å². The van der Waals surface area contributed by atoms with E-state index in [0.717, 1.165) is 23.7 Å². The Bertz CT molecular complexity index is 542. The predicted molar refractivity (Wildman–Crippen MR) is 76.8 cm³/mol. The van der Waals surface area contributed by atoms with Crippen molar-refractivity contribution in [3.8, 4) is 0 Å². The summed E-state index contributed by atoms with van der Waals surface area (Å²) in [4.78, 5) is 4.43. The van der Waals surface area contributed by atoms with Gasteiger partial charge in [0.1, 0.15) is 17.5 Å². The summed E-state index contributed by atoms with van der Waals surface area (Å²) in [6, 6.07) is 12.3. The van der Waals surface area contributed by atoms with Gasteiger partial charge in [-0.2, -0.15) is 0 Å². The van der Waals surface area contributed by atoms with Gasteiger partial charge in [-0.05, 0) is 43.7 Å². The van der Waals surface area contributed by atoms with Crippen molar-refractivity contribution in [1.82, 2.24) is 4.98 Å². The van der Waals surface area contributed by atoms with Gasteiger partial charge in [0.25, 0.3) is 0 Å². The quantitative estimate of drug-likeness (QED) is 0.857. The normalized spacial score (nSPS) is 11.9. The van der Waals surface area contributed by atoms with Crippen molar-refractivity contribution in [2.75, 3.05) is 17.2 Å². The minimum Gasteiger partial charge on any atom is -0.370 e. The Hall–Kier alpha value is -2.10. The number of nitrogens with one attached hydrogen (secondary N) is 2. The van der Waals surface area contributed by atoms with Gasteiger partial charge in [-0.25, -0.2) is 9.37 Å². The van der Waals surface area contributed by atoms with Gasteiger partial charge in [0.05, 0.1) is 6.04 Å². The molecule has 0 bridgehead atoms. The molecule has 1 unspecified atom stereocenters. The van der Waals surface area contributed by atoms with Crippen molar-refractivity contribution in [1.29, 1.82) is 0 Å². The molecule has 2 N–H and O–H groups in total. The van der Waals surface area contributed by atoms with Crippen LogP contribution >= 0.6 is 0 Å². The summed E-state index contributed by atoms with van der Waals surface area (Å²) in [6.45, 7) is 4.84. The van der Waals surface area contributed by atoms with Crippen molar-refractivity contribution in [3.05, 3.63) is 53.8 Å². The number of pyridine rings is 1. The zero-order valence-electron chi connectivity index (χ0n) is 11.2. The second-order valence-electron chi connectivity index (χ2n) is 4.36. The van der Waals surface area contributed by atoms with Crippen LogP contribution in [0, 0.1) is 5.82 Å². The lowest BCUT2D eigenvalue weighted by Crippen LogP contribution is -2.09. The number of hydrogen-bond donors (Lipinski definition) is 2. The zero-order valence-corrected chi connectivity index (χ0v) is 11.2. The maximum Gasteiger partial charge on any atom is 0.128 e. The third-order valence-electron chi connectivity index (χ3n) is 2.82. The number of rotatable bonds is 5. The highest BCUT2D eigenvalue weighted by atomic mass is 19.1. The molecule has 1 aromatic carbocycles. The number of halogens is 1. The van der Waals surface area contributed by atoms with Gasteiger partial charge in [-0.3, -0.25) is 0 Å². The molecule has 0 aliphatic heterocycles. The van der Waals surface area contributed by atoms with E-state index >= 15 is 0 Å². The summed E-state index contributed by atoms with van der Waals surface area (Å²) in [5.74, 6) is 1.38. The SMILES string of the molecule is CCNc1cccc(NC(C)c2cccc(F)c2)n1. The van der Waals surface area contributed by atoms with E-state index < -0.39 is 0 Å². The monoisotopic (exact) mass is 259 g/mol. The first-order valence-corrected chi connectivity index (χ1v) is 6.42. The average Bonchev–Trinajstić information content (AvgIpc) is 2.39. The number of nitrogens with zero attached hydrogens (tertiary/aromatic N) is 1. The second kappa shape index (κ2) is 6.18. The molecule has 0 aliphatic rings. The van der Waals surface area contributed by atoms with Gasteiger partial charge < -0.3 is 10.6 Å². The Morgan fingerprint density at radius 1 is 1.16 bits per heavy atom. The van der Waals surface area contributed by atoms with Crippen molar-refractivity contribution in [2.24, 2.45) is 0 Å². The lowest BCUT2D eigenvalue weighted by molar-refractivity contribution is 0.623. The molecular formula is C15H18FN3. The van der Waals surface area contributed by atoms with Crippen LogP contribution in [0.1, 0.15) is 25.5 Å². The van der Waals surface area contributed by atoms with Crippen LogP contribution in [0.3, 0.4) is 0 Å². The van der Waals surface area contributed by atoms with Crippen molar-refractivity contribution in [2.45, 2.75) is 19.9 Å².